The third kappa shape index (κ3) is 2.35. The van der Waals surface area contributed by atoms with E-state index in [1.54, 1.807) is 30.3 Å². The van der Waals surface area contributed by atoms with E-state index in [9.17, 15) is 13.6 Å². The maximum absolute atomic E-state index is 13.1. The molecule has 0 aliphatic heterocycles. The second kappa shape index (κ2) is 5.60. The molecular formula is C17H13F2NO2. The number of ether oxygens (including phenoxy) is 1. The van der Waals surface area contributed by atoms with Crippen molar-refractivity contribution in [2.75, 3.05) is 7.11 Å². The van der Waals surface area contributed by atoms with E-state index in [0.717, 1.165) is 0 Å². The second-order valence-corrected chi connectivity index (χ2v) is 4.89. The molecule has 0 saturated heterocycles. The molecular weight excluding hydrogens is 288 g/mol. The van der Waals surface area contributed by atoms with Crippen molar-refractivity contribution in [3.63, 3.8) is 0 Å². The van der Waals surface area contributed by atoms with Gasteiger partial charge in [-0.2, -0.15) is 0 Å². The van der Waals surface area contributed by atoms with Gasteiger partial charge in [0, 0.05) is 16.5 Å². The van der Waals surface area contributed by atoms with Gasteiger partial charge < -0.3 is 9.72 Å². The lowest BCUT2D eigenvalue weighted by Crippen LogP contribution is -2.03. The average molecular weight is 301 g/mol. The molecule has 5 heteroatoms. The van der Waals surface area contributed by atoms with Crippen LogP contribution in [0.1, 0.15) is 16.1 Å². The highest BCUT2D eigenvalue weighted by Crippen LogP contribution is 2.33. The van der Waals surface area contributed by atoms with Crippen molar-refractivity contribution in [1.82, 2.24) is 4.98 Å². The van der Waals surface area contributed by atoms with Crippen LogP contribution < -0.4 is 0 Å². The van der Waals surface area contributed by atoms with Crippen LogP contribution in [0.2, 0.25) is 0 Å². The first-order chi connectivity index (χ1) is 10.6. The van der Waals surface area contributed by atoms with Crippen LogP contribution in [0.3, 0.4) is 0 Å². The lowest BCUT2D eigenvalue weighted by molar-refractivity contribution is 0.0596. The second-order valence-electron chi connectivity index (χ2n) is 4.89. The molecule has 1 aromatic heterocycles. The van der Waals surface area contributed by atoms with Crippen LogP contribution in [0.25, 0.3) is 22.0 Å². The Morgan fingerprint density at radius 1 is 1.18 bits per heavy atom. The molecule has 1 N–H and O–H groups in total. The van der Waals surface area contributed by atoms with Gasteiger partial charge in [0.2, 0.25) is 0 Å². The number of hydrogen-bond acceptors (Lipinski definition) is 2. The summed E-state index contributed by atoms with van der Waals surface area (Å²) in [5.41, 5.74) is 2.70. The van der Waals surface area contributed by atoms with Gasteiger partial charge in [0.1, 0.15) is 18.2 Å². The molecule has 2 aromatic carbocycles. The Hall–Kier alpha value is -2.69. The Labute approximate surface area is 125 Å². The normalized spacial score (nSPS) is 10.9. The summed E-state index contributed by atoms with van der Waals surface area (Å²) in [6.45, 7) is -0.600. The van der Waals surface area contributed by atoms with Crippen LogP contribution in [-0.2, 0) is 11.4 Å². The van der Waals surface area contributed by atoms with Crippen molar-refractivity contribution in [2.24, 2.45) is 0 Å². The summed E-state index contributed by atoms with van der Waals surface area (Å²) in [6.07, 6.45) is 0. The number of hydrogen-bond donors (Lipinski definition) is 1. The molecule has 3 aromatic rings. The van der Waals surface area contributed by atoms with Crippen LogP contribution in [0.4, 0.5) is 8.78 Å². The number of carbonyl (C=O) groups excluding carboxylic acids is 1. The minimum Gasteiger partial charge on any atom is -0.464 e. The fraction of sp³-hybridized carbons (Fsp3) is 0.118. The summed E-state index contributed by atoms with van der Waals surface area (Å²) in [4.78, 5) is 15.0. The van der Waals surface area contributed by atoms with Crippen LogP contribution >= 0.6 is 0 Å². The third-order valence-electron chi connectivity index (χ3n) is 3.54. The van der Waals surface area contributed by atoms with E-state index in [2.05, 4.69) is 4.98 Å². The highest BCUT2D eigenvalue weighted by Gasteiger charge is 2.20. The van der Waals surface area contributed by atoms with Gasteiger partial charge in [-0.1, -0.05) is 18.2 Å². The molecule has 22 heavy (non-hydrogen) atoms. The standard InChI is InChI=1S/C17H13F2NO2/c1-22-17(21)16-15(11-3-5-12(19)6-4-11)13-8-10(9-18)2-7-14(13)20-16/h2-8,20H,9H2,1H3. The first-order valence-corrected chi connectivity index (χ1v) is 6.69. The Morgan fingerprint density at radius 2 is 1.91 bits per heavy atom. The van der Waals surface area contributed by atoms with Gasteiger partial charge in [0.15, 0.2) is 0 Å². The average Bonchev–Trinajstić information content (AvgIpc) is 2.93. The number of alkyl halides is 1. The number of aromatic amines is 1. The zero-order valence-corrected chi connectivity index (χ0v) is 11.8. The topological polar surface area (TPSA) is 42.1 Å². The van der Waals surface area contributed by atoms with Crippen LogP contribution in [0, 0.1) is 5.82 Å². The van der Waals surface area contributed by atoms with E-state index >= 15 is 0 Å². The summed E-state index contributed by atoms with van der Waals surface area (Å²) >= 11 is 0. The lowest BCUT2D eigenvalue weighted by Gasteiger charge is -2.04. The maximum Gasteiger partial charge on any atom is 0.355 e. The van der Waals surface area contributed by atoms with Gasteiger partial charge in [0.25, 0.3) is 0 Å². The molecule has 0 aliphatic rings. The molecule has 0 radical (unpaired) electrons. The van der Waals surface area contributed by atoms with Crippen molar-refractivity contribution in [1.29, 1.82) is 0 Å². The number of aromatic nitrogens is 1. The molecule has 3 rings (SSSR count). The Morgan fingerprint density at radius 3 is 2.55 bits per heavy atom. The fourth-order valence-corrected chi connectivity index (χ4v) is 2.49. The first kappa shape index (κ1) is 14.3. The smallest absolute Gasteiger partial charge is 0.355 e. The van der Waals surface area contributed by atoms with E-state index in [-0.39, 0.29) is 11.5 Å². The predicted molar refractivity (Wildman–Crippen MR) is 79.8 cm³/mol. The van der Waals surface area contributed by atoms with Gasteiger partial charge in [0.05, 0.1) is 7.11 Å². The van der Waals surface area contributed by atoms with Crippen molar-refractivity contribution < 1.29 is 18.3 Å². The zero-order valence-electron chi connectivity index (χ0n) is 11.8. The van der Waals surface area contributed by atoms with Gasteiger partial charge in [-0.15, -0.1) is 0 Å². The van der Waals surface area contributed by atoms with Crippen molar-refractivity contribution >= 4 is 16.9 Å². The maximum atomic E-state index is 13.1. The number of fused-ring (bicyclic) bond motifs is 1. The number of benzene rings is 2. The molecule has 0 unspecified atom stereocenters. The third-order valence-corrected chi connectivity index (χ3v) is 3.54. The van der Waals surface area contributed by atoms with Gasteiger partial charge >= 0.3 is 5.97 Å². The Bertz CT molecular complexity index is 838. The Kier molecular flexibility index (Phi) is 3.63. The highest BCUT2D eigenvalue weighted by molar-refractivity contribution is 6.08. The SMILES string of the molecule is COC(=O)c1[nH]c2ccc(CF)cc2c1-c1ccc(F)cc1. The molecule has 0 amide bonds. The van der Waals surface area contributed by atoms with E-state index in [1.165, 1.54) is 19.2 Å². The molecule has 0 aliphatic carbocycles. The number of carbonyl (C=O) groups is 1. The highest BCUT2D eigenvalue weighted by atomic mass is 19.1. The van der Waals surface area contributed by atoms with E-state index in [4.69, 9.17) is 4.74 Å². The molecule has 0 spiro atoms. The summed E-state index contributed by atoms with van der Waals surface area (Å²) in [5, 5.41) is 0.696. The number of methoxy groups -OCH3 is 1. The largest absolute Gasteiger partial charge is 0.464 e. The van der Waals surface area contributed by atoms with Crippen LogP contribution in [-0.4, -0.2) is 18.1 Å². The predicted octanol–water partition coefficient (Wildman–Crippen LogP) is 4.23. The van der Waals surface area contributed by atoms with Gasteiger partial charge in [-0.25, -0.2) is 13.6 Å². The molecule has 112 valence electrons. The summed E-state index contributed by atoms with van der Waals surface area (Å²) in [6, 6.07) is 10.8. The summed E-state index contributed by atoms with van der Waals surface area (Å²) in [7, 11) is 1.29. The molecule has 1 heterocycles. The number of esters is 1. The fourth-order valence-electron chi connectivity index (χ4n) is 2.49. The van der Waals surface area contributed by atoms with Gasteiger partial charge in [-0.3, -0.25) is 0 Å². The minimum atomic E-state index is -0.600. The summed E-state index contributed by atoms with van der Waals surface area (Å²) in [5.74, 6) is -0.898. The lowest BCUT2D eigenvalue weighted by atomic mass is 10.0. The van der Waals surface area contributed by atoms with Crippen molar-refractivity contribution in [2.45, 2.75) is 6.67 Å². The van der Waals surface area contributed by atoms with Crippen LogP contribution in [0.5, 0.6) is 0 Å². The molecule has 0 atom stereocenters. The first-order valence-electron chi connectivity index (χ1n) is 6.69. The van der Waals surface area contributed by atoms with E-state index in [1.807, 2.05) is 0 Å². The number of rotatable bonds is 3. The molecule has 0 saturated carbocycles. The molecule has 0 fully saturated rings. The molecule has 3 nitrogen and oxygen atoms in total. The number of H-pyrrole nitrogens is 1. The number of nitrogens with one attached hydrogen (secondary N) is 1. The molecule has 0 bridgehead atoms. The number of halogens is 2. The van der Waals surface area contributed by atoms with E-state index < -0.39 is 12.6 Å². The monoisotopic (exact) mass is 301 g/mol. The Balaban J connectivity index is 2.31. The van der Waals surface area contributed by atoms with Crippen molar-refractivity contribution in [3.8, 4) is 11.1 Å². The summed E-state index contributed by atoms with van der Waals surface area (Å²) < 4.78 is 30.8. The van der Waals surface area contributed by atoms with Crippen LogP contribution in [0.15, 0.2) is 42.5 Å². The van der Waals surface area contributed by atoms with Crippen molar-refractivity contribution in [3.05, 3.63) is 59.5 Å². The zero-order chi connectivity index (χ0) is 15.7. The van der Waals surface area contributed by atoms with Gasteiger partial charge in [-0.05, 0) is 35.4 Å². The quantitative estimate of drug-likeness (QED) is 0.736. The van der Waals surface area contributed by atoms with E-state index in [0.29, 0.717) is 27.6 Å². The minimum absolute atomic E-state index is 0.264.